The highest BCUT2D eigenvalue weighted by molar-refractivity contribution is 6.32. The van der Waals surface area contributed by atoms with E-state index in [9.17, 15) is 4.79 Å². The van der Waals surface area contributed by atoms with E-state index in [-0.39, 0.29) is 23.0 Å². The Morgan fingerprint density at radius 3 is 2.59 bits per heavy atom. The fraction of sp³-hybridized carbons (Fsp3) is 0.636. The molecule has 142 valence electrons. The number of ether oxygens (including phenoxy) is 1. The molecule has 0 aromatic rings. The number of nitrogens with two attached hydrogens (primary N) is 1. The third kappa shape index (κ3) is 2.32. The highest BCUT2D eigenvalue weighted by atomic mass is 35.5. The SMILES string of the molecule is NC1(C2CC2)C2CC3CC1CC(OC1=CC4=CC=NC(=O)C4C=C1Cl)(C3)C2. The smallest absolute Gasteiger partial charge is 0.257 e. The quantitative estimate of drug-likeness (QED) is 0.803. The Hall–Kier alpha value is -1.39. The van der Waals surface area contributed by atoms with Crippen LogP contribution in [0.5, 0.6) is 0 Å². The van der Waals surface area contributed by atoms with Gasteiger partial charge in [0.05, 0.1) is 11.0 Å². The number of carbonyl (C=O) groups is 1. The molecule has 4 bridgehead atoms. The van der Waals surface area contributed by atoms with Crippen molar-refractivity contribution in [2.75, 3.05) is 0 Å². The number of halogens is 1. The number of aliphatic imine (C=N–C) groups is 1. The summed E-state index contributed by atoms with van der Waals surface area (Å²) in [6.07, 6.45) is 15.6. The Kier molecular flexibility index (Phi) is 3.28. The van der Waals surface area contributed by atoms with Crippen molar-refractivity contribution in [3.8, 4) is 0 Å². The van der Waals surface area contributed by atoms with Crippen molar-refractivity contribution in [2.45, 2.75) is 56.1 Å². The minimum absolute atomic E-state index is 0.0459. The van der Waals surface area contributed by atoms with Crippen LogP contribution in [0.15, 0.2) is 39.6 Å². The highest BCUT2D eigenvalue weighted by Gasteiger charge is 2.65. The number of hydrogen-bond donors (Lipinski definition) is 1. The van der Waals surface area contributed by atoms with Gasteiger partial charge in [-0.1, -0.05) is 11.6 Å². The standard InChI is InChI=1S/C22H25ClN2O2/c23-18-8-17-13(3-4-25-20(17)26)7-19(18)27-21-9-12-5-15(10-21)22(24,14-1-2-14)16(6-12)11-21/h3-4,7-8,12,14-17H,1-2,5-6,9-11,24H2. The van der Waals surface area contributed by atoms with Crippen LogP contribution >= 0.6 is 11.6 Å². The van der Waals surface area contributed by atoms with Crippen LogP contribution in [0, 0.1) is 29.6 Å². The Bertz CT molecular complexity index is 834. The molecular weight excluding hydrogens is 360 g/mol. The van der Waals surface area contributed by atoms with Crippen LogP contribution in [0.2, 0.25) is 0 Å². The van der Waals surface area contributed by atoms with Crippen LogP contribution in [0.25, 0.3) is 0 Å². The summed E-state index contributed by atoms with van der Waals surface area (Å²) in [5.41, 5.74) is 7.89. The fourth-order valence-corrected chi connectivity index (χ4v) is 7.19. The second kappa shape index (κ2) is 5.36. The number of amides is 1. The third-order valence-corrected chi connectivity index (χ3v) is 8.41. The first kappa shape index (κ1) is 16.6. The average Bonchev–Trinajstić information content (AvgIpc) is 3.46. The van der Waals surface area contributed by atoms with Crippen molar-refractivity contribution < 1.29 is 9.53 Å². The van der Waals surface area contributed by atoms with Crippen LogP contribution in [-0.4, -0.2) is 23.3 Å². The van der Waals surface area contributed by atoms with E-state index in [1.165, 1.54) is 25.7 Å². The lowest BCUT2D eigenvalue weighted by Gasteiger charge is -2.64. The molecule has 5 saturated carbocycles. The number of dihydropyridines is 1. The summed E-state index contributed by atoms with van der Waals surface area (Å²) < 4.78 is 6.69. The van der Waals surface area contributed by atoms with Gasteiger partial charge in [-0.3, -0.25) is 4.79 Å². The molecule has 6 aliphatic carbocycles. The monoisotopic (exact) mass is 384 g/mol. The molecule has 0 radical (unpaired) electrons. The number of carbonyl (C=O) groups excluding carboxylic acids is 1. The lowest BCUT2D eigenvalue weighted by atomic mass is 9.46. The van der Waals surface area contributed by atoms with Gasteiger partial charge in [0.1, 0.15) is 11.4 Å². The van der Waals surface area contributed by atoms with E-state index in [1.807, 2.05) is 12.2 Å². The molecule has 5 heteroatoms. The first-order chi connectivity index (χ1) is 13.0. The summed E-state index contributed by atoms with van der Waals surface area (Å²) in [6, 6.07) is 0. The third-order valence-electron chi connectivity index (χ3n) is 8.10. The van der Waals surface area contributed by atoms with Gasteiger partial charge in [-0.15, -0.1) is 0 Å². The summed E-state index contributed by atoms with van der Waals surface area (Å²) >= 11 is 6.54. The Balaban J connectivity index is 1.30. The van der Waals surface area contributed by atoms with E-state index in [4.69, 9.17) is 22.1 Å². The molecule has 4 nitrogen and oxygen atoms in total. The Morgan fingerprint density at radius 2 is 1.89 bits per heavy atom. The number of rotatable bonds is 3. The van der Waals surface area contributed by atoms with E-state index in [0.29, 0.717) is 16.9 Å². The van der Waals surface area contributed by atoms with Crippen molar-refractivity contribution in [1.29, 1.82) is 0 Å². The molecule has 1 aliphatic heterocycles. The van der Waals surface area contributed by atoms with Crippen LogP contribution in [0.3, 0.4) is 0 Å². The van der Waals surface area contributed by atoms with Gasteiger partial charge in [-0.25, -0.2) is 4.99 Å². The van der Waals surface area contributed by atoms with Crippen LogP contribution < -0.4 is 5.73 Å². The number of allylic oxidation sites excluding steroid dienone is 3. The molecule has 3 atom stereocenters. The fourth-order valence-electron chi connectivity index (χ4n) is 6.97. The van der Waals surface area contributed by atoms with Gasteiger partial charge in [0.15, 0.2) is 0 Å². The van der Waals surface area contributed by atoms with E-state index in [1.54, 1.807) is 12.3 Å². The molecule has 2 N–H and O–H groups in total. The Labute approximate surface area is 164 Å². The van der Waals surface area contributed by atoms with Crippen molar-refractivity contribution >= 4 is 23.7 Å². The zero-order valence-corrected chi connectivity index (χ0v) is 16.1. The van der Waals surface area contributed by atoms with Gasteiger partial charge in [0, 0.05) is 11.8 Å². The summed E-state index contributed by atoms with van der Waals surface area (Å²) in [7, 11) is 0. The van der Waals surface area contributed by atoms with E-state index < -0.39 is 0 Å². The molecule has 0 aromatic carbocycles. The van der Waals surface area contributed by atoms with Crippen molar-refractivity contribution in [2.24, 2.45) is 40.3 Å². The van der Waals surface area contributed by atoms with E-state index in [2.05, 4.69) is 4.99 Å². The van der Waals surface area contributed by atoms with Crippen LogP contribution in [0.1, 0.15) is 44.9 Å². The second-order valence-electron chi connectivity index (χ2n) is 9.69. The second-order valence-corrected chi connectivity index (χ2v) is 10.1. The number of nitrogens with zero attached hydrogens (tertiary/aromatic N) is 1. The molecule has 1 amide bonds. The average molecular weight is 385 g/mol. The Morgan fingerprint density at radius 1 is 1.15 bits per heavy atom. The maximum Gasteiger partial charge on any atom is 0.257 e. The highest BCUT2D eigenvalue weighted by Crippen LogP contribution is 2.65. The molecule has 7 aliphatic rings. The molecule has 0 saturated heterocycles. The van der Waals surface area contributed by atoms with Crippen LogP contribution in [-0.2, 0) is 9.53 Å². The minimum atomic E-state index is -0.363. The van der Waals surface area contributed by atoms with E-state index >= 15 is 0 Å². The maximum atomic E-state index is 12.0. The summed E-state index contributed by atoms with van der Waals surface area (Å²) in [6.45, 7) is 0. The van der Waals surface area contributed by atoms with Gasteiger partial charge in [-0.2, -0.15) is 0 Å². The van der Waals surface area contributed by atoms with Gasteiger partial charge < -0.3 is 10.5 Å². The lowest BCUT2D eigenvalue weighted by Crippen LogP contribution is -2.69. The summed E-state index contributed by atoms with van der Waals surface area (Å²) in [5.74, 6) is 2.84. The number of hydrogen-bond acceptors (Lipinski definition) is 3. The normalized spacial score (nSPS) is 47.3. The summed E-state index contributed by atoms with van der Waals surface area (Å²) in [5, 5.41) is 0.541. The largest absolute Gasteiger partial charge is 0.486 e. The van der Waals surface area contributed by atoms with Gasteiger partial charge in [0.25, 0.3) is 5.91 Å². The molecule has 27 heavy (non-hydrogen) atoms. The van der Waals surface area contributed by atoms with Crippen molar-refractivity contribution in [1.82, 2.24) is 0 Å². The zero-order valence-electron chi connectivity index (χ0n) is 15.4. The first-order valence-corrected chi connectivity index (χ1v) is 10.7. The predicted molar refractivity (Wildman–Crippen MR) is 104 cm³/mol. The maximum absolute atomic E-state index is 12.0. The van der Waals surface area contributed by atoms with Gasteiger partial charge >= 0.3 is 0 Å². The zero-order chi connectivity index (χ0) is 18.4. The number of fused-ring (bicyclic) bond motifs is 1. The molecular formula is C22H25ClN2O2. The topological polar surface area (TPSA) is 64.7 Å². The lowest BCUT2D eigenvalue weighted by molar-refractivity contribution is -0.174. The van der Waals surface area contributed by atoms with Gasteiger partial charge in [-0.05, 0) is 92.4 Å². The molecule has 1 heterocycles. The van der Waals surface area contributed by atoms with Crippen LogP contribution in [0.4, 0.5) is 0 Å². The molecule has 0 spiro atoms. The van der Waals surface area contributed by atoms with Gasteiger partial charge in [0.2, 0.25) is 0 Å². The first-order valence-electron chi connectivity index (χ1n) is 10.3. The predicted octanol–water partition coefficient (Wildman–Crippen LogP) is 3.86. The molecule has 5 fully saturated rings. The minimum Gasteiger partial charge on any atom is -0.486 e. The van der Waals surface area contributed by atoms with E-state index in [0.717, 1.165) is 42.4 Å². The molecule has 7 rings (SSSR count). The van der Waals surface area contributed by atoms with Crippen molar-refractivity contribution in [3.63, 3.8) is 0 Å². The summed E-state index contributed by atoms with van der Waals surface area (Å²) in [4.78, 5) is 15.9. The molecule has 3 unspecified atom stereocenters. The molecule has 0 aromatic heterocycles. The van der Waals surface area contributed by atoms with Crippen molar-refractivity contribution in [3.05, 3.63) is 34.6 Å².